The maximum absolute atomic E-state index is 12.6. The summed E-state index contributed by atoms with van der Waals surface area (Å²) < 4.78 is 21.5. The molecule has 0 aliphatic carbocycles. The largest absolute Gasteiger partial charge is 0.493 e. The summed E-state index contributed by atoms with van der Waals surface area (Å²) in [5.41, 5.74) is 3.36. The Hall–Kier alpha value is -2.93. The molecule has 1 N–H and O–H groups in total. The van der Waals surface area contributed by atoms with E-state index in [9.17, 15) is 4.79 Å². The molecule has 2 aromatic rings. The normalized spacial score (nSPS) is 14.6. The minimum absolute atomic E-state index is 0.0844. The van der Waals surface area contributed by atoms with E-state index in [-0.39, 0.29) is 19.2 Å². The summed E-state index contributed by atoms with van der Waals surface area (Å²) in [5.74, 6) is 3.02. The first-order valence-electron chi connectivity index (χ1n) is 9.28. The molecule has 2 aliphatic rings. The average molecular weight is 384 g/mol. The molecule has 7 nitrogen and oxygen atoms in total. The van der Waals surface area contributed by atoms with Crippen molar-refractivity contribution in [3.63, 3.8) is 0 Å². The number of amides is 1. The van der Waals surface area contributed by atoms with Crippen LogP contribution < -0.4 is 24.3 Å². The van der Waals surface area contributed by atoms with E-state index in [1.54, 1.807) is 14.2 Å². The number of carbonyl (C=O) groups is 1. The van der Waals surface area contributed by atoms with E-state index in [1.807, 2.05) is 35.2 Å². The summed E-state index contributed by atoms with van der Waals surface area (Å²) in [6.45, 7) is 2.43. The van der Waals surface area contributed by atoms with Crippen molar-refractivity contribution in [2.24, 2.45) is 0 Å². The van der Waals surface area contributed by atoms with E-state index < -0.39 is 0 Å². The zero-order valence-corrected chi connectivity index (χ0v) is 16.1. The van der Waals surface area contributed by atoms with Gasteiger partial charge in [-0.25, -0.2) is 0 Å². The van der Waals surface area contributed by atoms with Crippen LogP contribution in [0.15, 0.2) is 30.3 Å². The van der Waals surface area contributed by atoms with Crippen molar-refractivity contribution in [3.8, 4) is 23.0 Å². The van der Waals surface area contributed by atoms with Gasteiger partial charge in [0.2, 0.25) is 12.7 Å². The summed E-state index contributed by atoms with van der Waals surface area (Å²) in [7, 11) is 3.25. The molecule has 2 heterocycles. The number of carbonyl (C=O) groups excluding carboxylic acids is 1. The van der Waals surface area contributed by atoms with Crippen LogP contribution in [0.1, 0.15) is 16.7 Å². The van der Waals surface area contributed by atoms with E-state index in [0.29, 0.717) is 25.4 Å². The highest BCUT2D eigenvalue weighted by atomic mass is 16.7. The van der Waals surface area contributed by atoms with Crippen molar-refractivity contribution in [2.45, 2.75) is 19.5 Å². The number of benzene rings is 2. The van der Waals surface area contributed by atoms with Gasteiger partial charge in [-0.3, -0.25) is 4.79 Å². The Kier molecular flexibility index (Phi) is 5.25. The Morgan fingerprint density at radius 2 is 1.82 bits per heavy atom. The number of methoxy groups -OCH3 is 2. The molecule has 0 unspecified atom stereocenters. The van der Waals surface area contributed by atoms with Crippen LogP contribution in [-0.4, -0.2) is 44.9 Å². The van der Waals surface area contributed by atoms with Crippen LogP contribution in [0.3, 0.4) is 0 Å². The fraction of sp³-hybridized carbons (Fsp3) is 0.381. The lowest BCUT2D eigenvalue weighted by molar-refractivity contribution is -0.131. The van der Waals surface area contributed by atoms with Crippen LogP contribution in [0, 0.1) is 0 Å². The molecule has 0 aromatic heterocycles. The molecule has 0 atom stereocenters. The topological polar surface area (TPSA) is 69.3 Å². The molecule has 148 valence electrons. The molecule has 0 saturated carbocycles. The lowest BCUT2D eigenvalue weighted by atomic mass is 9.98. The number of hydrogen-bond acceptors (Lipinski definition) is 6. The van der Waals surface area contributed by atoms with Crippen LogP contribution in [-0.2, 0) is 24.3 Å². The predicted octanol–water partition coefficient (Wildman–Crippen LogP) is 2.11. The lowest BCUT2D eigenvalue weighted by Crippen LogP contribution is -2.41. The zero-order valence-electron chi connectivity index (χ0n) is 16.1. The number of hydrogen-bond donors (Lipinski definition) is 1. The summed E-state index contributed by atoms with van der Waals surface area (Å²) in [6.07, 6.45) is 0.809. The molecule has 0 fully saturated rings. The van der Waals surface area contributed by atoms with Gasteiger partial charge in [0, 0.05) is 19.6 Å². The standard InChI is InChI=1S/C21H24N2O5/c1-25-18-8-15-5-6-23(12-16(15)9-19(18)26-2)21(24)11-22-10-14-3-4-17-20(7-14)28-13-27-17/h3-4,7-9,22H,5-6,10-13H2,1-2H3. The van der Waals surface area contributed by atoms with Gasteiger partial charge in [-0.1, -0.05) is 6.07 Å². The van der Waals surface area contributed by atoms with Gasteiger partial charge in [0.05, 0.1) is 20.8 Å². The molecule has 0 saturated heterocycles. The van der Waals surface area contributed by atoms with Crippen LogP contribution in [0.25, 0.3) is 0 Å². The molecule has 28 heavy (non-hydrogen) atoms. The highest BCUT2D eigenvalue weighted by molar-refractivity contribution is 5.78. The average Bonchev–Trinajstić information content (AvgIpc) is 3.20. The van der Waals surface area contributed by atoms with Crippen LogP contribution in [0.2, 0.25) is 0 Å². The molecule has 2 aromatic carbocycles. The van der Waals surface area contributed by atoms with Crippen molar-refractivity contribution < 1.29 is 23.7 Å². The fourth-order valence-electron chi connectivity index (χ4n) is 3.57. The number of rotatable bonds is 6. The number of nitrogens with one attached hydrogen (secondary N) is 1. The maximum atomic E-state index is 12.6. The first kappa shape index (κ1) is 18.4. The first-order valence-corrected chi connectivity index (χ1v) is 9.28. The highest BCUT2D eigenvalue weighted by Crippen LogP contribution is 2.34. The molecular weight excluding hydrogens is 360 g/mol. The highest BCUT2D eigenvalue weighted by Gasteiger charge is 2.22. The molecule has 4 rings (SSSR count). The first-order chi connectivity index (χ1) is 13.7. The quantitative estimate of drug-likeness (QED) is 0.823. The van der Waals surface area contributed by atoms with E-state index in [0.717, 1.165) is 34.8 Å². The van der Waals surface area contributed by atoms with Crippen molar-refractivity contribution >= 4 is 5.91 Å². The summed E-state index contributed by atoms with van der Waals surface area (Å²) in [4.78, 5) is 14.5. The maximum Gasteiger partial charge on any atom is 0.236 e. The van der Waals surface area contributed by atoms with Crippen LogP contribution in [0.5, 0.6) is 23.0 Å². The van der Waals surface area contributed by atoms with Gasteiger partial charge in [0.1, 0.15) is 0 Å². The Balaban J connectivity index is 1.33. The fourth-order valence-corrected chi connectivity index (χ4v) is 3.57. The van der Waals surface area contributed by atoms with Crippen molar-refractivity contribution in [2.75, 3.05) is 34.1 Å². The van der Waals surface area contributed by atoms with E-state index in [4.69, 9.17) is 18.9 Å². The lowest BCUT2D eigenvalue weighted by Gasteiger charge is -2.29. The van der Waals surface area contributed by atoms with Gasteiger partial charge in [-0.05, 0) is 47.4 Å². The van der Waals surface area contributed by atoms with E-state index in [1.165, 1.54) is 5.56 Å². The molecule has 2 aliphatic heterocycles. The Bertz CT molecular complexity index is 883. The van der Waals surface area contributed by atoms with Gasteiger partial charge in [-0.2, -0.15) is 0 Å². The Morgan fingerprint density at radius 1 is 1.07 bits per heavy atom. The van der Waals surface area contributed by atoms with Gasteiger partial charge in [0.25, 0.3) is 0 Å². The second-order valence-electron chi connectivity index (χ2n) is 6.83. The minimum Gasteiger partial charge on any atom is -0.493 e. The zero-order chi connectivity index (χ0) is 19.5. The molecule has 0 spiro atoms. The monoisotopic (exact) mass is 384 g/mol. The molecule has 0 bridgehead atoms. The summed E-state index contributed by atoms with van der Waals surface area (Å²) in [6, 6.07) is 9.78. The minimum atomic E-state index is 0.0844. The molecule has 7 heteroatoms. The molecule has 0 radical (unpaired) electrons. The number of ether oxygens (including phenoxy) is 4. The van der Waals surface area contributed by atoms with Gasteiger partial charge in [0.15, 0.2) is 23.0 Å². The van der Waals surface area contributed by atoms with Crippen molar-refractivity contribution in [1.82, 2.24) is 10.2 Å². The van der Waals surface area contributed by atoms with Crippen LogP contribution in [0.4, 0.5) is 0 Å². The van der Waals surface area contributed by atoms with Crippen molar-refractivity contribution in [3.05, 3.63) is 47.0 Å². The smallest absolute Gasteiger partial charge is 0.236 e. The number of nitrogens with zero attached hydrogens (tertiary/aromatic N) is 1. The summed E-state index contributed by atoms with van der Waals surface area (Å²) >= 11 is 0. The SMILES string of the molecule is COc1cc2c(cc1OC)CN(C(=O)CNCc1ccc3c(c1)OCO3)CC2. The predicted molar refractivity (Wildman–Crippen MR) is 103 cm³/mol. The Labute approximate surface area is 164 Å². The van der Waals surface area contributed by atoms with Crippen molar-refractivity contribution in [1.29, 1.82) is 0 Å². The third-order valence-electron chi connectivity index (χ3n) is 5.11. The van der Waals surface area contributed by atoms with Gasteiger partial charge < -0.3 is 29.2 Å². The second kappa shape index (κ2) is 7.98. The van der Waals surface area contributed by atoms with Gasteiger partial charge in [-0.15, -0.1) is 0 Å². The number of fused-ring (bicyclic) bond motifs is 2. The second-order valence-corrected chi connectivity index (χ2v) is 6.83. The third-order valence-corrected chi connectivity index (χ3v) is 5.11. The van der Waals surface area contributed by atoms with E-state index >= 15 is 0 Å². The van der Waals surface area contributed by atoms with Gasteiger partial charge >= 0.3 is 0 Å². The van der Waals surface area contributed by atoms with Crippen LogP contribution >= 0.6 is 0 Å². The van der Waals surface area contributed by atoms with E-state index in [2.05, 4.69) is 5.32 Å². The molecular formula is C21H24N2O5. The summed E-state index contributed by atoms with van der Waals surface area (Å²) in [5, 5.41) is 3.22. The third kappa shape index (κ3) is 3.71. The molecule has 1 amide bonds. The Morgan fingerprint density at radius 3 is 2.61 bits per heavy atom.